The molecule has 0 fully saturated rings. The minimum absolute atomic E-state index is 0.0937. The first kappa shape index (κ1) is 24.4. The lowest BCUT2D eigenvalue weighted by molar-refractivity contribution is -0.0742. The van der Waals surface area contributed by atoms with E-state index in [4.69, 9.17) is 9.47 Å². The lowest BCUT2D eigenvalue weighted by Gasteiger charge is -2.30. The topological polar surface area (TPSA) is 30.5 Å². The highest BCUT2D eigenvalue weighted by molar-refractivity contribution is 5.33. The molecule has 0 aromatic heterocycles. The molecule has 0 heterocycles. The molecule has 0 aliphatic rings. The Kier molecular flexibility index (Phi) is 11.0. The Hall–Kier alpha value is -1.84. The van der Waals surface area contributed by atoms with Crippen LogP contribution in [0.3, 0.4) is 0 Å². The first-order valence-corrected chi connectivity index (χ1v) is 11.7. The van der Waals surface area contributed by atoms with Gasteiger partial charge in [0.05, 0.1) is 0 Å². The normalized spacial score (nSPS) is 12.7. The van der Waals surface area contributed by atoms with Crippen LogP contribution in [0.4, 0.5) is 0 Å². The maximum absolute atomic E-state index is 6.13. The molecule has 0 aliphatic carbocycles. The summed E-state index contributed by atoms with van der Waals surface area (Å²) in [5.41, 5.74) is 2.49. The van der Waals surface area contributed by atoms with Crippen LogP contribution in [0.25, 0.3) is 0 Å². The van der Waals surface area contributed by atoms with Crippen LogP contribution in [-0.4, -0.2) is 19.4 Å². The molecule has 0 amide bonds. The number of ether oxygens (including phenoxy) is 2. The van der Waals surface area contributed by atoms with Gasteiger partial charge in [-0.3, -0.25) is 0 Å². The molecule has 1 unspecified atom stereocenters. The highest BCUT2D eigenvalue weighted by atomic mass is 16.7. The second-order valence-corrected chi connectivity index (χ2v) is 8.50. The maximum Gasteiger partial charge on any atom is 0.203 e. The minimum Gasteiger partial charge on any atom is -0.465 e. The highest BCUT2D eigenvalue weighted by Crippen LogP contribution is 2.26. The van der Waals surface area contributed by atoms with Gasteiger partial charge in [0.15, 0.2) is 0 Å². The lowest BCUT2D eigenvalue weighted by Crippen LogP contribution is -2.38. The highest BCUT2D eigenvalue weighted by Gasteiger charge is 2.24. The zero-order chi connectivity index (χ0) is 21.7. The third kappa shape index (κ3) is 8.49. The summed E-state index contributed by atoms with van der Waals surface area (Å²) in [7, 11) is 0. The van der Waals surface area contributed by atoms with Crippen LogP contribution in [-0.2, 0) is 16.7 Å². The molecule has 0 saturated carbocycles. The average Bonchev–Trinajstić information content (AvgIpc) is 2.74. The van der Waals surface area contributed by atoms with Gasteiger partial charge in [-0.1, -0.05) is 81.5 Å². The van der Waals surface area contributed by atoms with Crippen molar-refractivity contribution >= 4 is 0 Å². The van der Waals surface area contributed by atoms with Crippen molar-refractivity contribution < 1.29 is 9.47 Å². The number of hydrogen-bond acceptors (Lipinski definition) is 3. The van der Waals surface area contributed by atoms with E-state index in [-0.39, 0.29) is 11.8 Å². The molecule has 0 radical (unpaired) electrons. The number of hydrogen-bond donors (Lipinski definition) is 1. The Morgan fingerprint density at radius 1 is 0.833 bits per heavy atom. The zero-order valence-corrected chi connectivity index (χ0v) is 19.5. The summed E-state index contributed by atoms with van der Waals surface area (Å²) in [6.45, 7) is 10.5. The van der Waals surface area contributed by atoms with Gasteiger partial charge >= 0.3 is 0 Å². The minimum atomic E-state index is -0.298. The molecule has 1 N–H and O–H groups in total. The van der Waals surface area contributed by atoms with Crippen LogP contribution in [0, 0.1) is 0 Å². The van der Waals surface area contributed by atoms with Crippen LogP contribution < -0.4 is 10.1 Å². The summed E-state index contributed by atoms with van der Waals surface area (Å²) < 4.78 is 12.0. The summed E-state index contributed by atoms with van der Waals surface area (Å²) in [5, 5.41) is 3.78. The third-order valence-electron chi connectivity index (χ3n) is 5.54. The number of benzene rings is 2. The molecule has 0 aliphatic heterocycles. The predicted molar refractivity (Wildman–Crippen MR) is 127 cm³/mol. The molecule has 0 spiro atoms. The van der Waals surface area contributed by atoms with Crippen molar-refractivity contribution in [3.8, 4) is 5.75 Å². The first-order chi connectivity index (χ1) is 14.6. The van der Waals surface area contributed by atoms with E-state index in [9.17, 15) is 0 Å². The number of unbranched alkanes of at least 4 members (excludes halogenated alkanes) is 5. The molecule has 3 nitrogen and oxygen atoms in total. The van der Waals surface area contributed by atoms with Crippen LogP contribution in [0.1, 0.15) is 77.3 Å². The van der Waals surface area contributed by atoms with Gasteiger partial charge in [-0.2, -0.15) is 0 Å². The second-order valence-electron chi connectivity index (χ2n) is 8.50. The fourth-order valence-corrected chi connectivity index (χ4v) is 3.86. The Morgan fingerprint density at radius 2 is 1.50 bits per heavy atom. The van der Waals surface area contributed by atoms with Crippen molar-refractivity contribution in [1.29, 1.82) is 0 Å². The van der Waals surface area contributed by atoms with Crippen molar-refractivity contribution in [2.45, 2.75) is 84.5 Å². The zero-order valence-electron chi connectivity index (χ0n) is 19.5. The summed E-state index contributed by atoms with van der Waals surface area (Å²) >= 11 is 0. The quantitative estimate of drug-likeness (QED) is 0.257. The molecular weight excluding hydrogens is 370 g/mol. The molecule has 0 bridgehead atoms. The monoisotopic (exact) mass is 411 g/mol. The van der Waals surface area contributed by atoms with E-state index in [0.29, 0.717) is 6.61 Å². The lowest BCUT2D eigenvalue weighted by atomic mass is 9.88. The Balaban J connectivity index is 1.98. The predicted octanol–water partition coefficient (Wildman–Crippen LogP) is 6.86. The molecule has 166 valence electrons. The van der Waals surface area contributed by atoms with Crippen molar-refractivity contribution in [1.82, 2.24) is 5.32 Å². The van der Waals surface area contributed by atoms with Gasteiger partial charge in [-0.15, -0.1) is 0 Å². The van der Waals surface area contributed by atoms with E-state index in [1.807, 2.05) is 37.3 Å². The van der Waals surface area contributed by atoms with Gasteiger partial charge in [0.2, 0.25) is 6.29 Å². The summed E-state index contributed by atoms with van der Waals surface area (Å²) in [5.74, 6) is 0.842. The van der Waals surface area contributed by atoms with Crippen LogP contribution in [0.2, 0.25) is 0 Å². The third-order valence-corrected chi connectivity index (χ3v) is 5.54. The molecule has 3 heteroatoms. The SMILES string of the molecule is CCCCCCCCNC(C)(C)c1ccccc1CC(OCC)Oc1ccccc1. The molecule has 2 aromatic rings. The number of para-hydroxylation sites is 1. The Labute approximate surface area is 184 Å². The first-order valence-electron chi connectivity index (χ1n) is 11.7. The van der Waals surface area contributed by atoms with Crippen molar-refractivity contribution in [3.05, 3.63) is 65.7 Å². The molecule has 1 atom stereocenters. The van der Waals surface area contributed by atoms with Gasteiger partial charge in [0, 0.05) is 18.6 Å². The van der Waals surface area contributed by atoms with Crippen molar-refractivity contribution in [2.75, 3.05) is 13.2 Å². The fraction of sp³-hybridized carbons (Fsp3) is 0.556. The number of rotatable bonds is 15. The van der Waals surface area contributed by atoms with Gasteiger partial charge in [-0.05, 0) is 57.0 Å². The largest absolute Gasteiger partial charge is 0.465 e. The summed E-state index contributed by atoms with van der Waals surface area (Å²) in [6.07, 6.45) is 8.34. The van der Waals surface area contributed by atoms with Gasteiger partial charge in [0.25, 0.3) is 0 Å². The fourth-order valence-electron chi connectivity index (χ4n) is 3.86. The van der Waals surface area contributed by atoms with E-state index in [2.05, 4.69) is 50.4 Å². The van der Waals surface area contributed by atoms with Crippen LogP contribution >= 0.6 is 0 Å². The van der Waals surface area contributed by atoms with E-state index >= 15 is 0 Å². The molecule has 0 saturated heterocycles. The van der Waals surface area contributed by atoms with Crippen LogP contribution in [0.5, 0.6) is 5.75 Å². The molecule has 2 aromatic carbocycles. The van der Waals surface area contributed by atoms with E-state index in [0.717, 1.165) is 18.7 Å². The van der Waals surface area contributed by atoms with Gasteiger partial charge in [0.1, 0.15) is 5.75 Å². The summed E-state index contributed by atoms with van der Waals surface area (Å²) in [6, 6.07) is 18.6. The standard InChI is InChI=1S/C27H41NO2/c1-5-7-8-9-10-16-21-28-27(3,4)25-20-15-14-17-23(25)22-26(29-6-2)30-24-18-12-11-13-19-24/h11-15,17-20,26,28H,5-10,16,21-22H2,1-4H3. The molecule has 30 heavy (non-hydrogen) atoms. The van der Waals surface area contributed by atoms with Crippen LogP contribution in [0.15, 0.2) is 54.6 Å². The maximum atomic E-state index is 6.13. The van der Waals surface area contributed by atoms with Crippen molar-refractivity contribution in [2.24, 2.45) is 0 Å². The van der Waals surface area contributed by atoms with Gasteiger partial charge < -0.3 is 14.8 Å². The number of nitrogens with one attached hydrogen (secondary N) is 1. The molecule has 2 rings (SSSR count). The summed E-state index contributed by atoms with van der Waals surface area (Å²) in [4.78, 5) is 0. The van der Waals surface area contributed by atoms with Gasteiger partial charge in [-0.25, -0.2) is 0 Å². The Morgan fingerprint density at radius 3 is 2.23 bits per heavy atom. The molecular formula is C27H41NO2. The average molecular weight is 412 g/mol. The van der Waals surface area contributed by atoms with E-state index < -0.39 is 0 Å². The van der Waals surface area contributed by atoms with Crippen molar-refractivity contribution in [3.63, 3.8) is 0 Å². The smallest absolute Gasteiger partial charge is 0.203 e. The second kappa shape index (κ2) is 13.5. The Bertz CT molecular complexity index is 699. The van der Waals surface area contributed by atoms with E-state index in [1.165, 1.54) is 49.7 Å². The van der Waals surface area contributed by atoms with E-state index in [1.54, 1.807) is 0 Å².